The van der Waals surface area contributed by atoms with Crippen molar-refractivity contribution in [2.24, 2.45) is 0 Å². The molecule has 2 heterocycles. The minimum atomic E-state index is -0.314. The van der Waals surface area contributed by atoms with Crippen LogP contribution in [0.25, 0.3) is 5.57 Å². The van der Waals surface area contributed by atoms with Crippen LogP contribution in [0, 0.1) is 0 Å². The van der Waals surface area contributed by atoms with Crippen molar-refractivity contribution in [2.45, 2.75) is 20.3 Å². The van der Waals surface area contributed by atoms with Crippen molar-refractivity contribution >= 4 is 46.0 Å². The molecule has 7 heteroatoms. The van der Waals surface area contributed by atoms with Crippen molar-refractivity contribution in [3.63, 3.8) is 0 Å². The molecular weight excluding hydrogens is 350 g/mol. The number of amides is 3. The quantitative estimate of drug-likeness (QED) is 0.766. The van der Waals surface area contributed by atoms with Crippen LogP contribution in [0.1, 0.15) is 25.1 Å². The fraction of sp³-hybridized carbons (Fsp3) is 0.211. The van der Waals surface area contributed by atoms with E-state index in [1.165, 1.54) is 23.2 Å². The number of thiophene rings is 1. The van der Waals surface area contributed by atoms with E-state index in [0.717, 1.165) is 4.88 Å². The standard InChI is InChI=1S/C19H19N3O3S/c1-3-10-22-18(24)16(15-5-4-11-26-15)17(19(22)25)21-14-8-6-13(7-9-14)20-12(2)23/h4-9,11,21H,3,10H2,1-2H3,(H,20,23). The van der Waals surface area contributed by atoms with Gasteiger partial charge in [-0.3, -0.25) is 19.3 Å². The van der Waals surface area contributed by atoms with Gasteiger partial charge in [-0.05, 0) is 42.1 Å². The number of rotatable bonds is 6. The first-order chi connectivity index (χ1) is 12.5. The molecule has 1 aromatic heterocycles. The van der Waals surface area contributed by atoms with E-state index in [9.17, 15) is 14.4 Å². The molecule has 134 valence electrons. The summed E-state index contributed by atoms with van der Waals surface area (Å²) in [7, 11) is 0. The lowest BCUT2D eigenvalue weighted by Gasteiger charge is -2.13. The van der Waals surface area contributed by atoms with Crippen molar-refractivity contribution in [3.8, 4) is 0 Å². The molecule has 6 nitrogen and oxygen atoms in total. The largest absolute Gasteiger partial charge is 0.350 e. The van der Waals surface area contributed by atoms with Crippen molar-refractivity contribution < 1.29 is 14.4 Å². The van der Waals surface area contributed by atoms with Crippen LogP contribution in [-0.4, -0.2) is 29.2 Å². The molecule has 3 amide bonds. The Balaban J connectivity index is 1.92. The van der Waals surface area contributed by atoms with Gasteiger partial charge in [0.2, 0.25) is 5.91 Å². The fourth-order valence-corrected chi connectivity index (χ4v) is 3.52. The molecule has 0 atom stereocenters. The van der Waals surface area contributed by atoms with Crippen molar-refractivity contribution in [3.05, 3.63) is 52.4 Å². The third kappa shape index (κ3) is 3.52. The Morgan fingerprint density at radius 1 is 1.08 bits per heavy atom. The van der Waals surface area contributed by atoms with E-state index in [1.807, 2.05) is 24.4 Å². The summed E-state index contributed by atoms with van der Waals surface area (Å²) in [5.74, 6) is -0.733. The fourth-order valence-electron chi connectivity index (χ4n) is 2.75. The van der Waals surface area contributed by atoms with Gasteiger partial charge in [-0.25, -0.2) is 0 Å². The molecule has 3 rings (SSSR count). The van der Waals surface area contributed by atoms with Crippen LogP contribution in [0.2, 0.25) is 0 Å². The molecule has 26 heavy (non-hydrogen) atoms. The Hall–Kier alpha value is -2.93. The van der Waals surface area contributed by atoms with Gasteiger partial charge in [0.1, 0.15) is 5.70 Å². The third-order valence-electron chi connectivity index (χ3n) is 3.86. The zero-order chi connectivity index (χ0) is 18.7. The predicted octanol–water partition coefficient (Wildman–Crippen LogP) is 3.31. The monoisotopic (exact) mass is 369 g/mol. The molecule has 2 N–H and O–H groups in total. The predicted molar refractivity (Wildman–Crippen MR) is 103 cm³/mol. The maximum Gasteiger partial charge on any atom is 0.278 e. The van der Waals surface area contributed by atoms with E-state index in [-0.39, 0.29) is 23.4 Å². The van der Waals surface area contributed by atoms with E-state index in [4.69, 9.17) is 0 Å². The van der Waals surface area contributed by atoms with E-state index in [0.29, 0.717) is 29.9 Å². The van der Waals surface area contributed by atoms with E-state index in [2.05, 4.69) is 10.6 Å². The van der Waals surface area contributed by atoms with Crippen LogP contribution in [-0.2, 0) is 14.4 Å². The first kappa shape index (κ1) is 17.9. The number of nitrogens with one attached hydrogen (secondary N) is 2. The summed E-state index contributed by atoms with van der Waals surface area (Å²) in [6.07, 6.45) is 0.702. The first-order valence-corrected chi connectivity index (χ1v) is 9.18. The summed E-state index contributed by atoms with van der Waals surface area (Å²) in [4.78, 5) is 38.7. The highest BCUT2D eigenvalue weighted by atomic mass is 32.1. The Morgan fingerprint density at radius 2 is 1.77 bits per heavy atom. The molecule has 2 aromatic rings. The summed E-state index contributed by atoms with van der Waals surface area (Å²) >= 11 is 1.42. The number of benzene rings is 1. The van der Waals surface area contributed by atoms with Crippen LogP contribution in [0.3, 0.4) is 0 Å². The minimum absolute atomic E-state index is 0.153. The number of carbonyl (C=O) groups is 3. The number of carbonyl (C=O) groups excluding carboxylic acids is 3. The topological polar surface area (TPSA) is 78.5 Å². The van der Waals surface area contributed by atoms with Crippen LogP contribution >= 0.6 is 11.3 Å². The SMILES string of the molecule is CCCN1C(=O)C(Nc2ccc(NC(C)=O)cc2)=C(c2cccs2)C1=O. The van der Waals surface area contributed by atoms with Gasteiger partial charge in [-0.1, -0.05) is 13.0 Å². The van der Waals surface area contributed by atoms with Crippen LogP contribution in [0.15, 0.2) is 47.5 Å². The summed E-state index contributed by atoms with van der Waals surface area (Å²) in [6, 6.07) is 10.7. The average molecular weight is 369 g/mol. The number of hydrogen-bond acceptors (Lipinski definition) is 5. The zero-order valence-electron chi connectivity index (χ0n) is 14.5. The first-order valence-electron chi connectivity index (χ1n) is 8.30. The maximum absolute atomic E-state index is 12.8. The molecule has 0 spiro atoms. The number of imide groups is 1. The lowest BCUT2D eigenvalue weighted by molar-refractivity contribution is -0.136. The Morgan fingerprint density at radius 3 is 2.35 bits per heavy atom. The molecule has 0 fully saturated rings. The lowest BCUT2D eigenvalue weighted by atomic mass is 10.2. The van der Waals surface area contributed by atoms with Gasteiger partial charge < -0.3 is 10.6 Å². The Labute approximate surface area is 155 Å². The van der Waals surface area contributed by atoms with Crippen molar-refractivity contribution in [1.82, 2.24) is 4.90 Å². The molecule has 0 radical (unpaired) electrons. The van der Waals surface area contributed by atoms with E-state index < -0.39 is 0 Å². The molecule has 1 aliphatic rings. The van der Waals surface area contributed by atoms with Crippen LogP contribution in [0.5, 0.6) is 0 Å². The normalized spacial score (nSPS) is 14.2. The highest BCUT2D eigenvalue weighted by molar-refractivity contribution is 7.11. The van der Waals surface area contributed by atoms with Gasteiger partial charge in [0.05, 0.1) is 5.57 Å². The van der Waals surface area contributed by atoms with Gasteiger partial charge in [0.15, 0.2) is 0 Å². The highest BCUT2D eigenvalue weighted by Crippen LogP contribution is 2.33. The van der Waals surface area contributed by atoms with Gasteiger partial charge in [0.25, 0.3) is 11.8 Å². The van der Waals surface area contributed by atoms with Crippen molar-refractivity contribution in [1.29, 1.82) is 0 Å². The van der Waals surface area contributed by atoms with Crippen LogP contribution in [0.4, 0.5) is 11.4 Å². The van der Waals surface area contributed by atoms with Gasteiger partial charge in [0, 0.05) is 29.7 Å². The van der Waals surface area contributed by atoms with E-state index in [1.54, 1.807) is 24.3 Å². The second-order valence-electron chi connectivity index (χ2n) is 5.87. The smallest absolute Gasteiger partial charge is 0.278 e. The third-order valence-corrected chi connectivity index (χ3v) is 4.74. The minimum Gasteiger partial charge on any atom is -0.350 e. The number of nitrogens with zero attached hydrogens (tertiary/aromatic N) is 1. The van der Waals surface area contributed by atoms with Crippen LogP contribution < -0.4 is 10.6 Å². The molecule has 1 aromatic carbocycles. The molecular formula is C19H19N3O3S. The van der Waals surface area contributed by atoms with E-state index >= 15 is 0 Å². The molecule has 0 aliphatic carbocycles. The molecule has 0 bridgehead atoms. The molecule has 0 saturated heterocycles. The van der Waals surface area contributed by atoms with Gasteiger partial charge >= 0.3 is 0 Å². The second kappa shape index (κ2) is 7.53. The molecule has 1 aliphatic heterocycles. The summed E-state index contributed by atoms with van der Waals surface area (Å²) < 4.78 is 0. The highest BCUT2D eigenvalue weighted by Gasteiger charge is 2.39. The molecule has 0 saturated carbocycles. The lowest BCUT2D eigenvalue weighted by Crippen LogP contribution is -2.33. The second-order valence-corrected chi connectivity index (χ2v) is 6.82. The molecule has 0 unspecified atom stereocenters. The Bertz CT molecular complexity index is 870. The van der Waals surface area contributed by atoms with Crippen molar-refractivity contribution in [2.75, 3.05) is 17.2 Å². The zero-order valence-corrected chi connectivity index (χ0v) is 15.4. The summed E-state index contributed by atoms with van der Waals surface area (Å²) in [5, 5.41) is 7.66. The van der Waals surface area contributed by atoms with Gasteiger partial charge in [-0.2, -0.15) is 0 Å². The van der Waals surface area contributed by atoms with Gasteiger partial charge in [-0.15, -0.1) is 11.3 Å². The maximum atomic E-state index is 12.8. The summed E-state index contributed by atoms with van der Waals surface area (Å²) in [5.41, 5.74) is 2.03. The summed E-state index contributed by atoms with van der Waals surface area (Å²) in [6.45, 7) is 3.76. The number of hydrogen-bond donors (Lipinski definition) is 2. The average Bonchev–Trinajstić information content (AvgIpc) is 3.20. The number of anilines is 2. The Kier molecular flexibility index (Phi) is 5.18.